The maximum absolute atomic E-state index is 11.8. The predicted molar refractivity (Wildman–Crippen MR) is 220 cm³/mol. The van der Waals surface area contributed by atoms with Gasteiger partial charge >= 0.3 is 52.4 Å². The molecule has 0 atom stereocenters. The Hall–Kier alpha value is -0.572. The van der Waals surface area contributed by atoms with Crippen molar-refractivity contribution in [2.45, 2.75) is 156 Å². The molecular formula is C32H72O12Si7. The molecule has 19 heteroatoms. The van der Waals surface area contributed by atoms with Crippen LogP contribution >= 0.6 is 0 Å². The lowest BCUT2D eigenvalue weighted by molar-refractivity contribution is -0.144. The molecule has 0 aliphatic rings. The number of carbonyl (C=O) groups excluding carboxylic acids is 3. The lowest BCUT2D eigenvalue weighted by Gasteiger charge is -2.46. The van der Waals surface area contributed by atoms with E-state index in [2.05, 4.69) is 45.9 Å². The van der Waals surface area contributed by atoms with Crippen molar-refractivity contribution >= 4 is 77.3 Å². The minimum atomic E-state index is -3.48. The first-order valence-corrected chi connectivity index (χ1v) is 38.3. The first-order valence-electron chi connectivity index (χ1n) is 18.3. The Labute approximate surface area is 317 Å². The van der Waals surface area contributed by atoms with Crippen LogP contribution in [0.5, 0.6) is 0 Å². The molecule has 12 nitrogen and oxygen atoms in total. The summed E-state index contributed by atoms with van der Waals surface area (Å²) in [5, 5.41) is 0. The molecule has 0 aromatic rings. The summed E-state index contributed by atoms with van der Waals surface area (Å²) in [6, 6.07) is 2.40. The van der Waals surface area contributed by atoms with Crippen LogP contribution in [0.15, 0.2) is 12.2 Å². The molecule has 0 aromatic carbocycles. The van der Waals surface area contributed by atoms with Crippen LogP contribution in [0, 0.1) is 0 Å². The zero-order valence-electron chi connectivity index (χ0n) is 34.9. The Balaban J connectivity index is 6.05. The van der Waals surface area contributed by atoms with Crippen LogP contribution < -0.4 is 0 Å². The van der Waals surface area contributed by atoms with Crippen molar-refractivity contribution < 1.29 is 53.3 Å². The molecule has 0 aromatic heterocycles. The van der Waals surface area contributed by atoms with Crippen molar-refractivity contribution in [2.75, 3.05) is 19.8 Å². The van der Waals surface area contributed by atoms with Gasteiger partial charge in [0, 0.05) is 25.0 Å². The molecule has 0 aliphatic carbocycles. The number of hydrogen-bond acceptors (Lipinski definition) is 12. The van der Waals surface area contributed by atoms with Crippen molar-refractivity contribution in [3.63, 3.8) is 0 Å². The maximum Gasteiger partial charge on any atom is 0.470 e. The topological polar surface area (TPSA) is 134 Å². The van der Waals surface area contributed by atoms with E-state index in [0.29, 0.717) is 44.7 Å². The van der Waals surface area contributed by atoms with Crippen molar-refractivity contribution in [3.05, 3.63) is 12.2 Å². The Morgan fingerprint density at radius 1 is 0.471 bits per heavy atom. The lowest BCUT2D eigenvalue weighted by atomic mass is 10.4. The SMILES string of the molecule is C=C(C)C(=O)OCCC[Si](C)(C)O[Si](C)(C)O[Si](C)(O[Si](C)(C)O[Si](C)(C)CCCOC(=O)CC)O[Si](C)(C)O[Si](C)(C)CCCOC(=O)CC. The van der Waals surface area contributed by atoms with Crippen molar-refractivity contribution in [3.8, 4) is 0 Å². The van der Waals surface area contributed by atoms with Gasteiger partial charge in [-0.05, 0) is 123 Å². The van der Waals surface area contributed by atoms with E-state index in [1.165, 1.54) is 0 Å². The summed E-state index contributed by atoms with van der Waals surface area (Å²) in [6.07, 6.45) is 2.85. The van der Waals surface area contributed by atoms with E-state index in [4.69, 9.17) is 38.9 Å². The molecule has 0 saturated carbocycles. The minimum Gasteiger partial charge on any atom is -0.466 e. The summed E-state index contributed by atoms with van der Waals surface area (Å²) in [5.74, 6) is -0.781. The highest BCUT2D eigenvalue weighted by molar-refractivity contribution is 6.92. The molecule has 0 unspecified atom stereocenters. The van der Waals surface area contributed by atoms with Gasteiger partial charge in [0.1, 0.15) is 0 Å². The number of hydrogen-bond donors (Lipinski definition) is 0. The molecule has 0 N–H and O–H groups in total. The Bertz CT molecular complexity index is 1080. The van der Waals surface area contributed by atoms with Gasteiger partial charge in [-0.1, -0.05) is 20.4 Å². The van der Waals surface area contributed by atoms with Crippen LogP contribution in [0.2, 0.25) is 103 Å². The van der Waals surface area contributed by atoms with E-state index in [9.17, 15) is 14.4 Å². The van der Waals surface area contributed by atoms with Gasteiger partial charge in [-0.3, -0.25) is 9.59 Å². The molecule has 0 aliphatic heterocycles. The van der Waals surface area contributed by atoms with Gasteiger partial charge in [0.25, 0.3) is 0 Å². The van der Waals surface area contributed by atoms with Gasteiger partial charge in [-0.25, -0.2) is 4.79 Å². The Morgan fingerprint density at radius 3 is 1.00 bits per heavy atom. The van der Waals surface area contributed by atoms with Crippen molar-refractivity contribution in [1.82, 2.24) is 0 Å². The van der Waals surface area contributed by atoms with Gasteiger partial charge in [0.05, 0.1) is 19.8 Å². The molecular weight excluding hydrogens is 773 g/mol. The van der Waals surface area contributed by atoms with Gasteiger partial charge in [-0.2, -0.15) is 0 Å². The van der Waals surface area contributed by atoms with Crippen LogP contribution in [0.3, 0.4) is 0 Å². The van der Waals surface area contributed by atoms with Gasteiger partial charge in [-0.15, -0.1) is 0 Å². The second-order valence-electron chi connectivity index (χ2n) is 16.3. The second-order valence-corrected chi connectivity index (χ2v) is 43.4. The molecule has 0 spiro atoms. The van der Waals surface area contributed by atoms with Crippen LogP contribution in [-0.2, 0) is 53.3 Å². The summed E-state index contributed by atoms with van der Waals surface area (Å²) in [6.45, 7) is 36.9. The zero-order valence-corrected chi connectivity index (χ0v) is 41.9. The van der Waals surface area contributed by atoms with Gasteiger partial charge in [0.15, 0.2) is 25.0 Å². The lowest BCUT2D eigenvalue weighted by Crippen LogP contribution is -2.65. The second kappa shape index (κ2) is 21.5. The highest BCUT2D eigenvalue weighted by Crippen LogP contribution is 2.32. The molecule has 0 rings (SSSR count). The number of ether oxygens (including phenoxy) is 3. The van der Waals surface area contributed by atoms with Crippen LogP contribution in [-0.4, -0.2) is 97.2 Å². The van der Waals surface area contributed by atoms with Crippen molar-refractivity contribution in [2.24, 2.45) is 0 Å². The molecule has 0 saturated heterocycles. The molecule has 0 amide bonds. The fourth-order valence-corrected chi connectivity index (χ4v) is 40.1. The predicted octanol–water partition coefficient (Wildman–Crippen LogP) is 8.57. The van der Waals surface area contributed by atoms with E-state index in [1.54, 1.807) is 20.8 Å². The summed E-state index contributed by atoms with van der Waals surface area (Å²) in [5.41, 5.74) is 0.381. The maximum atomic E-state index is 11.8. The normalized spacial score (nSPS) is 13.6. The van der Waals surface area contributed by atoms with Crippen LogP contribution in [0.4, 0.5) is 0 Å². The Kier molecular flexibility index (Phi) is 21.3. The fourth-order valence-electron chi connectivity index (χ4n) is 5.97. The molecule has 0 bridgehead atoms. The summed E-state index contributed by atoms with van der Waals surface area (Å²) >= 11 is 0. The Morgan fingerprint density at radius 2 is 0.745 bits per heavy atom. The zero-order chi connectivity index (χ0) is 40.0. The molecule has 0 heterocycles. The van der Waals surface area contributed by atoms with E-state index in [1.807, 2.05) is 45.8 Å². The van der Waals surface area contributed by atoms with Crippen LogP contribution in [0.25, 0.3) is 0 Å². The average Bonchev–Trinajstić information content (AvgIpc) is 2.91. The summed E-state index contributed by atoms with van der Waals surface area (Å²) < 4.78 is 57.4. The van der Waals surface area contributed by atoms with E-state index in [-0.39, 0.29) is 17.9 Å². The van der Waals surface area contributed by atoms with Crippen LogP contribution in [0.1, 0.15) is 52.9 Å². The van der Waals surface area contributed by atoms with Gasteiger partial charge < -0.3 is 38.9 Å². The standard InChI is InChI=1S/C32H72O12Si7/c1-18-30(33)36-23-20-26-45(5,6)39-48(11,12)42-51(17,43-49(13,14)40-46(7,8)27-21-24-37-31(34)19-2)44-50(15,16)41-47(9,10)28-22-25-38-32(35)29(3)4/h3,18-28H2,1-2,4-17H3. The number of esters is 3. The van der Waals surface area contributed by atoms with E-state index < -0.39 is 59.4 Å². The van der Waals surface area contributed by atoms with E-state index in [0.717, 1.165) is 31.0 Å². The summed E-state index contributed by atoms with van der Waals surface area (Å²) in [4.78, 5) is 35.1. The molecule has 0 radical (unpaired) electrons. The smallest absolute Gasteiger partial charge is 0.466 e. The van der Waals surface area contributed by atoms with E-state index >= 15 is 0 Å². The van der Waals surface area contributed by atoms with Gasteiger partial charge in [0.2, 0.25) is 0 Å². The highest BCUT2D eigenvalue weighted by Gasteiger charge is 2.53. The third-order valence-corrected chi connectivity index (χ3v) is 34.9. The summed E-state index contributed by atoms with van der Waals surface area (Å²) in [7, 11) is -18.7. The largest absolute Gasteiger partial charge is 0.470 e. The molecule has 51 heavy (non-hydrogen) atoms. The quantitative estimate of drug-likeness (QED) is 0.0258. The van der Waals surface area contributed by atoms with Crippen molar-refractivity contribution in [1.29, 1.82) is 0 Å². The first kappa shape index (κ1) is 50.4. The number of rotatable bonds is 27. The first-order chi connectivity index (χ1) is 23.0. The minimum absolute atomic E-state index is 0.198. The monoisotopic (exact) mass is 844 g/mol. The number of carbonyl (C=O) groups is 3. The molecule has 0 fully saturated rings. The fraction of sp³-hybridized carbons (Fsp3) is 0.844. The highest BCUT2D eigenvalue weighted by atomic mass is 28.5. The average molecular weight is 846 g/mol. The molecule has 300 valence electrons. The third kappa shape index (κ3) is 24.5. The third-order valence-electron chi connectivity index (χ3n) is 7.31.